The van der Waals surface area contributed by atoms with Gasteiger partial charge in [-0.25, -0.2) is 8.78 Å². The van der Waals surface area contributed by atoms with Crippen LogP contribution in [0.25, 0.3) is 0 Å². The van der Waals surface area contributed by atoms with Crippen molar-refractivity contribution in [3.63, 3.8) is 0 Å². The van der Waals surface area contributed by atoms with E-state index in [0.29, 0.717) is 0 Å². The number of halogens is 2. The summed E-state index contributed by atoms with van der Waals surface area (Å²) in [5.74, 6) is 2.41. The molecule has 0 unspecified atom stereocenters. The number of nitrogens with one attached hydrogen (secondary N) is 1. The zero-order valence-corrected chi connectivity index (χ0v) is 8.60. The van der Waals surface area contributed by atoms with E-state index in [9.17, 15) is 13.6 Å². The second-order valence-electron chi connectivity index (χ2n) is 2.96. The lowest BCUT2D eigenvalue weighted by atomic mass is 10.1. The fourth-order valence-electron chi connectivity index (χ4n) is 1.07. The summed E-state index contributed by atoms with van der Waals surface area (Å²) < 4.78 is 25.6. The van der Waals surface area contributed by atoms with E-state index >= 15 is 0 Å². The monoisotopic (exact) mass is 224 g/mol. The van der Waals surface area contributed by atoms with Gasteiger partial charge in [0.2, 0.25) is 0 Å². The highest BCUT2D eigenvalue weighted by Gasteiger charge is 2.13. The Morgan fingerprint density at radius 3 is 2.69 bits per heavy atom. The molecule has 0 fully saturated rings. The van der Waals surface area contributed by atoms with Gasteiger partial charge in [-0.3, -0.25) is 4.79 Å². The van der Waals surface area contributed by atoms with Gasteiger partial charge in [0.25, 0.3) is 5.91 Å². The molecule has 5 heteroatoms. The lowest BCUT2D eigenvalue weighted by Crippen LogP contribution is -2.24. The zero-order valence-electron chi connectivity index (χ0n) is 8.60. The van der Waals surface area contributed by atoms with Gasteiger partial charge in [-0.1, -0.05) is 5.92 Å². The van der Waals surface area contributed by atoms with Gasteiger partial charge in [0.1, 0.15) is 0 Å². The topological polar surface area (TPSA) is 55.1 Å². The summed E-state index contributed by atoms with van der Waals surface area (Å²) in [5.41, 5.74) is 5.18. The number of amides is 1. The minimum atomic E-state index is -1.11. The molecule has 0 bridgehead atoms. The number of nitrogen functional groups attached to an aromatic ring is 1. The van der Waals surface area contributed by atoms with Crippen molar-refractivity contribution in [2.24, 2.45) is 0 Å². The molecular weight excluding hydrogens is 214 g/mol. The highest BCUT2D eigenvalue weighted by Crippen LogP contribution is 2.16. The Kier molecular flexibility index (Phi) is 3.84. The average Bonchev–Trinajstić information content (AvgIpc) is 2.23. The molecule has 3 nitrogen and oxygen atoms in total. The van der Waals surface area contributed by atoms with Crippen molar-refractivity contribution in [1.29, 1.82) is 0 Å². The van der Waals surface area contributed by atoms with E-state index in [1.165, 1.54) is 0 Å². The second kappa shape index (κ2) is 5.12. The van der Waals surface area contributed by atoms with Crippen LogP contribution in [-0.2, 0) is 0 Å². The second-order valence-corrected chi connectivity index (χ2v) is 2.96. The van der Waals surface area contributed by atoms with E-state index in [0.717, 1.165) is 12.1 Å². The normalized spacial score (nSPS) is 9.19. The van der Waals surface area contributed by atoms with Gasteiger partial charge in [-0.15, -0.1) is 5.92 Å². The molecule has 0 radical (unpaired) electrons. The third kappa shape index (κ3) is 2.70. The molecule has 0 saturated carbocycles. The van der Waals surface area contributed by atoms with Crippen molar-refractivity contribution in [2.75, 3.05) is 12.3 Å². The van der Waals surface area contributed by atoms with Crippen LogP contribution in [-0.4, -0.2) is 12.5 Å². The maximum absolute atomic E-state index is 12.9. The fourth-order valence-corrected chi connectivity index (χ4v) is 1.07. The van der Waals surface area contributed by atoms with E-state index in [-0.39, 0.29) is 17.8 Å². The minimum absolute atomic E-state index is 0.100. The van der Waals surface area contributed by atoms with E-state index in [4.69, 9.17) is 5.73 Å². The standard InChI is InChI=1S/C11H10F2N2O/c1-2-3-4-15-11(16)7-5-8(12)9(13)6-10(7)14/h5-6H,4,14H2,1H3,(H,15,16). The summed E-state index contributed by atoms with van der Waals surface area (Å²) in [5, 5.41) is 2.41. The maximum Gasteiger partial charge on any atom is 0.254 e. The molecule has 0 atom stereocenters. The number of hydrogen-bond acceptors (Lipinski definition) is 2. The Labute approximate surface area is 91.6 Å². The Balaban J connectivity index is 2.90. The van der Waals surface area contributed by atoms with Gasteiger partial charge in [-0.2, -0.15) is 0 Å². The quantitative estimate of drug-likeness (QED) is 0.587. The number of benzene rings is 1. The average molecular weight is 224 g/mol. The molecule has 84 valence electrons. The van der Waals surface area contributed by atoms with E-state index < -0.39 is 17.5 Å². The van der Waals surface area contributed by atoms with Crippen LogP contribution in [0.5, 0.6) is 0 Å². The maximum atomic E-state index is 12.9. The van der Waals surface area contributed by atoms with Crippen LogP contribution in [0.2, 0.25) is 0 Å². The highest BCUT2D eigenvalue weighted by atomic mass is 19.2. The van der Waals surface area contributed by atoms with E-state index in [1.54, 1.807) is 6.92 Å². The first-order valence-electron chi connectivity index (χ1n) is 4.48. The fraction of sp³-hybridized carbons (Fsp3) is 0.182. The van der Waals surface area contributed by atoms with Crippen molar-refractivity contribution in [1.82, 2.24) is 5.32 Å². The SMILES string of the molecule is CC#CCNC(=O)c1cc(F)c(F)cc1N. The molecule has 0 aromatic heterocycles. The molecule has 0 aliphatic carbocycles. The molecular formula is C11H10F2N2O. The van der Waals surface area contributed by atoms with Crippen molar-refractivity contribution < 1.29 is 13.6 Å². The first-order valence-corrected chi connectivity index (χ1v) is 4.48. The molecule has 0 saturated heterocycles. The van der Waals surface area contributed by atoms with Crippen LogP contribution in [0, 0.1) is 23.5 Å². The molecule has 3 N–H and O–H groups in total. The largest absolute Gasteiger partial charge is 0.398 e. The molecule has 1 aromatic carbocycles. The number of nitrogens with two attached hydrogens (primary N) is 1. The molecule has 0 aliphatic heterocycles. The molecule has 0 spiro atoms. The Bertz CT molecular complexity index is 475. The molecule has 1 rings (SSSR count). The van der Waals surface area contributed by atoms with Crippen molar-refractivity contribution >= 4 is 11.6 Å². The summed E-state index contributed by atoms with van der Waals surface area (Å²) in [6.45, 7) is 1.76. The van der Waals surface area contributed by atoms with Crippen LogP contribution in [0.4, 0.5) is 14.5 Å². The lowest BCUT2D eigenvalue weighted by molar-refractivity contribution is 0.0959. The van der Waals surface area contributed by atoms with Gasteiger partial charge in [0.15, 0.2) is 11.6 Å². The minimum Gasteiger partial charge on any atom is -0.398 e. The van der Waals surface area contributed by atoms with Crippen LogP contribution in [0.3, 0.4) is 0 Å². The predicted molar refractivity (Wildman–Crippen MR) is 56.6 cm³/mol. The van der Waals surface area contributed by atoms with Crippen LogP contribution >= 0.6 is 0 Å². The van der Waals surface area contributed by atoms with Gasteiger partial charge >= 0.3 is 0 Å². The number of carbonyl (C=O) groups is 1. The summed E-state index contributed by atoms with van der Waals surface area (Å²) in [6.07, 6.45) is 0. The first-order chi connectivity index (χ1) is 7.56. The molecule has 1 aromatic rings. The number of hydrogen-bond donors (Lipinski definition) is 2. The van der Waals surface area contributed by atoms with Gasteiger partial charge in [0.05, 0.1) is 12.1 Å². The van der Waals surface area contributed by atoms with Gasteiger partial charge in [-0.05, 0) is 13.0 Å². The van der Waals surface area contributed by atoms with E-state index in [2.05, 4.69) is 17.2 Å². The van der Waals surface area contributed by atoms with Crippen molar-refractivity contribution in [2.45, 2.75) is 6.92 Å². The third-order valence-corrected chi connectivity index (χ3v) is 1.85. The van der Waals surface area contributed by atoms with Gasteiger partial charge in [0, 0.05) is 11.8 Å². The van der Waals surface area contributed by atoms with Crippen molar-refractivity contribution in [3.8, 4) is 11.8 Å². The Morgan fingerprint density at radius 1 is 1.44 bits per heavy atom. The molecule has 0 aliphatic rings. The zero-order chi connectivity index (χ0) is 12.1. The molecule has 1 amide bonds. The summed E-state index contributed by atoms with van der Waals surface area (Å²) in [4.78, 5) is 11.5. The lowest BCUT2D eigenvalue weighted by Gasteiger charge is -2.05. The molecule has 16 heavy (non-hydrogen) atoms. The highest BCUT2D eigenvalue weighted by molar-refractivity contribution is 5.99. The summed E-state index contributed by atoms with van der Waals surface area (Å²) in [7, 11) is 0. The Morgan fingerprint density at radius 2 is 2.06 bits per heavy atom. The third-order valence-electron chi connectivity index (χ3n) is 1.85. The number of anilines is 1. The smallest absolute Gasteiger partial charge is 0.254 e. The number of rotatable bonds is 2. The summed E-state index contributed by atoms with van der Waals surface area (Å²) in [6, 6.07) is 1.54. The predicted octanol–water partition coefficient (Wildman–Crippen LogP) is 1.30. The van der Waals surface area contributed by atoms with Crippen molar-refractivity contribution in [3.05, 3.63) is 29.3 Å². The van der Waals surface area contributed by atoms with E-state index in [1.807, 2.05) is 0 Å². The first kappa shape index (κ1) is 12.0. The van der Waals surface area contributed by atoms with Crippen LogP contribution < -0.4 is 11.1 Å². The van der Waals surface area contributed by atoms with Crippen LogP contribution in [0.1, 0.15) is 17.3 Å². The number of carbonyl (C=O) groups excluding carboxylic acids is 1. The molecule has 0 heterocycles. The van der Waals surface area contributed by atoms with Gasteiger partial charge < -0.3 is 11.1 Å². The van der Waals surface area contributed by atoms with Crippen LogP contribution in [0.15, 0.2) is 12.1 Å². The Hall–Kier alpha value is -2.09. The summed E-state index contributed by atoms with van der Waals surface area (Å²) >= 11 is 0.